The minimum absolute atomic E-state index is 0. The molecule has 0 aliphatic heterocycles. The molecule has 0 unspecified atom stereocenters. The molecule has 144 valence electrons. The van der Waals surface area contributed by atoms with Crippen LogP contribution < -0.4 is 24.8 Å². The molecule has 0 radical (unpaired) electrons. The summed E-state index contributed by atoms with van der Waals surface area (Å²) in [5.74, 6) is 0. The quantitative estimate of drug-likeness (QED) is 0.308. The topological polar surface area (TPSA) is 0 Å². The number of hydrogen-bond acceptors (Lipinski definition) is 0. The van der Waals surface area contributed by atoms with E-state index in [1.807, 2.05) is 0 Å². The Kier molecular flexibility index (Phi) is 10.1. The molecule has 0 spiro atoms. The van der Waals surface area contributed by atoms with Crippen molar-refractivity contribution in [1.82, 2.24) is 0 Å². The molecule has 0 saturated heterocycles. The van der Waals surface area contributed by atoms with E-state index in [1.54, 1.807) is 0 Å². The SMILES string of the molecule is Cc1cc2c(-c3ccccc3)cccc2[cH-]1.Cc1cc2ccccc2[cH-]1.[Cl-].[Cl-].[Zr+4]. The zero-order valence-corrected chi connectivity index (χ0v) is 20.5. The van der Waals surface area contributed by atoms with Crippen molar-refractivity contribution < 1.29 is 51.0 Å². The van der Waals surface area contributed by atoms with Crippen LogP contribution >= 0.6 is 0 Å². The van der Waals surface area contributed by atoms with Gasteiger partial charge < -0.3 is 24.8 Å². The van der Waals surface area contributed by atoms with Gasteiger partial charge in [-0.25, -0.2) is 0 Å². The van der Waals surface area contributed by atoms with Crippen LogP contribution in [-0.2, 0) is 26.2 Å². The van der Waals surface area contributed by atoms with E-state index in [2.05, 4.69) is 111 Å². The summed E-state index contributed by atoms with van der Waals surface area (Å²) in [7, 11) is 0. The van der Waals surface area contributed by atoms with Gasteiger partial charge in [0.1, 0.15) is 0 Å². The molecular formula is C26H22Cl2Zr. The molecule has 0 aliphatic rings. The van der Waals surface area contributed by atoms with E-state index in [-0.39, 0.29) is 51.0 Å². The molecule has 5 rings (SSSR count). The molecular weight excluding hydrogens is 474 g/mol. The van der Waals surface area contributed by atoms with Crippen LogP contribution in [0.15, 0.2) is 97.1 Å². The second-order valence-corrected chi connectivity index (χ2v) is 6.87. The van der Waals surface area contributed by atoms with Gasteiger partial charge in [-0.2, -0.15) is 12.1 Å². The number of halogens is 2. The van der Waals surface area contributed by atoms with Gasteiger partial charge in [0, 0.05) is 0 Å². The maximum Gasteiger partial charge on any atom is 4.00 e. The first-order valence-electron chi connectivity index (χ1n) is 9.04. The van der Waals surface area contributed by atoms with Gasteiger partial charge in [-0.1, -0.05) is 61.9 Å². The third-order valence-electron chi connectivity index (χ3n) is 4.74. The molecule has 0 aromatic heterocycles. The van der Waals surface area contributed by atoms with Crippen molar-refractivity contribution in [2.24, 2.45) is 0 Å². The fraction of sp³-hybridized carbons (Fsp3) is 0.0769. The Hall–Kier alpha value is -1.66. The van der Waals surface area contributed by atoms with Gasteiger partial charge in [0.25, 0.3) is 0 Å². The van der Waals surface area contributed by atoms with Crippen LogP contribution in [0.4, 0.5) is 0 Å². The summed E-state index contributed by atoms with van der Waals surface area (Å²) in [5, 5.41) is 5.38. The molecule has 0 aliphatic carbocycles. The van der Waals surface area contributed by atoms with Gasteiger partial charge in [-0.05, 0) is 5.56 Å². The van der Waals surface area contributed by atoms with Crippen molar-refractivity contribution in [2.75, 3.05) is 0 Å². The largest absolute Gasteiger partial charge is 4.00 e. The van der Waals surface area contributed by atoms with Crippen LogP contribution in [-0.4, -0.2) is 0 Å². The van der Waals surface area contributed by atoms with Crippen molar-refractivity contribution in [3.05, 3.63) is 108 Å². The maximum absolute atomic E-state index is 2.26. The van der Waals surface area contributed by atoms with E-state index in [9.17, 15) is 0 Å². The molecule has 5 aromatic rings. The van der Waals surface area contributed by atoms with E-state index in [1.165, 1.54) is 43.8 Å². The second-order valence-electron chi connectivity index (χ2n) is 6.87. The van der Waals surface area contributed by atoms with E-state index in [0.29, 0.717) is 0 Å². The molecule has 0 atom stereocenters. The van der Waals surface area contributed by atoms with Crippen LogP contribution in [0.25, 0.3) is 32.7 Å². The minimum Gasteiger partial charge on any atom is -1.00 e. The van der Waals surface area contributed by atoms with Gasteiger partial charge >= 0.3 is 26.2 Å². The number of benzene rings is 3. The fourth-order valence-electron chi connectivity index (χ4n) is 3.56. The van der Waals surface area contributed by atoms with Gasteiger partial charge in [0.2, 0.25) is 0 Å². The van der Waals surface area contributed by atoms with Crippen molar-refractivity contribution in [3.8, 4) is 11.1 Å². The van der Waals surface area contributed by atoms with Gasteiger partial charge in [0.05, 0.1) is 0 Å². The van der Waals surface area contributed by atoms with Crippen molar-refractivity contribution in [3.63, 3.8) is 0 Å². The molecule has 0 heterocycles. The van der Waals surface area contributed by atoms with Crippen LogP contribution in [0.5, 0.6) is 0 Å². The van der Waals surface area contributed by atoms with Crippen LogP contribution in [0.1, 0.15) is 11.1 Å². The summed E-state index contributed by atoms with van der Waals surface area (Å²) in [6, 6.07) is 34.4. The van der Waals surface area contributed by atoms with E-state index < -0.39 is 0 Å². The smallest absolute Gasteiger partial charge is 1.00 e. The summed E-state index contributed by atoms with van der Waals surface area (Å²) in [5.41, 5.74) is 5.30. The summed E-state index contributed by atoms with van der Waals surface area (Å²) < 4.78 is 0. The predicted octanol–water partition coefficient (Wildman–Crippen LogP) is 1.41. The first-order valence-corrected chi connectivity index (χ1v) is 9.04. The molecule has 0 amide bonds. The Balaban J connectivity index is 0.000000285. The molecule has 0 N–H and O–H groups in total. The summed E-state index contributed by atoms with van der Waals surface area (Å²) in [6.07, 6.45) is 0. The van der Waals surface area contributed by atoms with Crippen LogP contribution in [0.3, 0.4) is 0 Å². The predicted molar refractivity (Wildman–Crippen MR) is 114 cm³/mol. The summed E-state index contributed by atoms with van der Waals surface area (Å²) in [4.78, 5) is 0. The number of rotatable bonds is 1. The first-order chi connectivity index (χ1) is 12.7. The van der Waals surface area contributed by atoms with Gasteiger partial charge in [-0.15, -0.1) is 75.1 Å². The molecule has 5 aromatic carbocycles. The average molecular weight is 497 g/mol. The van der Waals surface area contributed by atoms with Crippen LogP contribution in [0.2, 0.25) is 0 Å². The Morgan fingerprint density at radius 2 is 1.17 bits per heavy atom. The molecule has 3 heteroatoms. The summed E-state index contributed by atoms with van der Waals surface area (Å²) in [6.45, 7) is 4.27. The Morgan fingerprint density at radius 3 is 1.90 bits per heavy atom. The molecule has 0 nitrogen and oxygen atoms in total. The van der Waals surface area contributed by atoms with E-state index in [0.717, 1.165) is 0 Å². The number of aryl methyl sites for hydroxylation is 2. The third kappa shape index (κ3) is 5.92. The Bertz CT molecular complexity index is 1120. The van der Waals surface area contributed by atoms with Crippen molar-refractivity contribution >= 4 is 21.5 Å². The Labute approximate surface area is 204 Å². The maximum atomic E-state index is 2.26. The Morgan fingerprint density at radius 1 is 0.586 bits per heavy atom. The van der Waals surface area contributed by atoms with E-state index in [4.69, 9.17) is 0 Å². The monoisotopic (exact) mass is 494 g/mol. The van der Waals surface area contributed by atoms with Gasteiger partial charge in [0.15, 0.2) is 0 Å². The molecule has 0 saturated carbocycles. The first kappa shape index (κ1) is 25.4. The fourth-order valence-corrected chi connectivity index (χ4v) is 3.56. The third-order valence-corrected chi connectivity index (χ3v) is 4.74. The average Bonchev–Trinajstić information content (AvgIpc) is 3.23. The molecule has 0 bridgehead atoms. The standard InChI is InChI=1S/C16H13.C10H9.2ClH.Zr/c1-12-10-14-8-5-9-15(16(14)11-12)13-6-3-2-4-7-13;1-8-6-9-4-2-3-5-10(9)7-8;;;/h2-11H,1H3;2-7H,1H3;2*1H;/q2*-1;;;+4/p-2. The zero-order chi connectivity index (χ0) is 17.9. The normalized spacial score (nSPS) is 9.59. The van der Waals surface area contributed by atoms with Crippen molar-refractivity contribution in [1.29, 1.82) is 0 Å². The molecule has 0 fully saturated rings. The number of fused-ring (bicyclic) bond motifs is 2. The minimum atomic E-state index is 0. The number of hydrogen-bond donors (Lipinski definition) is 0. The summed E-state index contributed by atoms with van der Waals surface area (Å²) >= 11 is 0. The molecule has 29 heavy (non-hydrogen) atoms. The van der Waals surface area contributed by atoms with Crippen molar-refractivity contribution in [2.45, 2.75) is 13.8 Å². The van der Waals surface area contributed by atoms with E-state index >= 15 is 0 Å². The van der Waals surface area contributed by atoms with Crippen LogP contribution in [0, 0.1) is 13.8 Å². The zero-order valence-electron chi connectivity index (χ0n) is 16.5. The van der Waals surface area contributed by atoms with Gasteiger partial charge in [-0.3, -0.25) is 0 Å². The second kappa shape index (κ2) is 11.5.